The number of hydrogen-bond acceptors (Lipinski definition) is 1. The van der Waals surface area contributed by atoms with Crippen molar-refractivity contribution < 1.29 is 5.11 Å². The van der Waals surface area contributed by atoms with Crippen molar-refractivity contribution in [2.24, 2.45) is 0 Å². The topological polar surface area (TPSA) is 20.2 Å². The predicted molar refractivity (Wildman–Crippen MR) is 52.0 cm³/mol. The number of rotatable bonds is 2. The number of benzene rings is 1. The van der Waals surface area contributed by atoms with Crippen LogP contribution < -0.4 is 0 Å². The van der Waals surface area contributed by atoms with Crippen LogP contribution in [0.4, 0.5) is 0 Å². The van der Waals surface area contributed by atoms with Gasteiger partial charge in [-0.25, -0.2) is 0 Å². The van der Waals surface area contributed by atoms with E-state index in [4.69, 9.17) is 11.6 Å². The Balaban J connectivity index is 3.10. The average Bonchev–Trinajstić information content (AvgIpc) is 1.96. The van der Waals surface area contributed by atoms with Crippen molar-refractivity contribution in [3.05, 3.63) is 28.8 Å². The Morgan fingerprint density at radius 1 is 1.25 bits per heavy atom. The Kier molecular flexibility index (Phi) is 2.99. The highest BCUT2D eigenvalue weighted by Gasteiger charge is 2.03. The molecule has 0 unspecified atom stereocenters. The number of aryl methyl sites for hydroxylation is 2. The van der Waals surface area contributed by atoms with E-state index < -0.39 is 0 Å². The zero-order valence-corrected chi connectivity index (χ0v) is 8.15. The van der Waals surface area contributed by atoms with Crippen LogP contribution in [0.15, 0.2) is 12.1 Å². The molecule has 0 aliphatic heterocycles. The van der Waals surface area contributed by atoms with E-state index in [2.05, 4.69) is 0 Å². The highest BCUT2D eigenvalue weighted by Crippen LogP contribution is 2.21. The lowest BCUT2D eigenvalue weighted by molar-refractivity contribution is 0.474. The minimum atomic E-state index is 0.336. The third-order valence-electron chi connectivity index (χ3n) is 2.03. The molecule has 1 aromatic carbocycles. The Morgan fingerprint density at radius 3 is 2.17 bits per heavy atom. The molecule has 0 fully saturated rings. The summed E-state index contributed by atoms with van der Waals surface area (Å²) in [4.78, 5) is 0. The van der Waals surface area contributed by atoms with Crippen LogP contribution in [0.5, 0.6) is 5.75 Å². The molecule has 0 aromatic heterocycles. The molecule has 0 amide bonds. The maximum absolute atomic E-state index is 9.25. The van der Waals surface area contributed by atoms with E-state index in [1.165, 1.54) is 5.56 Å². The summed E-state index contributed by atoms with van der Waals surface area (Å²) >= 11 is 5.66. The van der Waals surface area contributed by atoms with Gasteiger partial charge in [-0.15, -0.1) is 11.6 Å². The Hall–Kier alpha value is -0.690. The molecule has 0 atom stereocenters. The second kappa shape index (κ2) is 3.81. The summed E-state index contributed by atoms with van der Waals surface area (Å²) in [7, 11) is 0. The van der Waals surface area contributed by atoms with Gasteiger partial charge in [-0.1, -0.05) is 0 Å². The Labute approximate surface area is 78.0 Å². The first kappa shape index (κ1) is 9.40. The van der Waals surface area contributed by atoms with Gasteiger partial charge < -0.3 is 5.11 Å². The van der Waals surface area contributed by atoms with Gasteiger partial charge in [-0.05, 0) is 49.1 Å². The molecule has 1 rings (SSSR count). The van der Waals surface area contributed by atoms with E-state index in [1.54, 1.807) is 12.1 Å². The third kappa shape index (κ3) is 1.92. The van der Waals surface area contributed by atoms with E-state index in [0.717, 1.165) is 17.5 Å². The Morgan fingerprint density at radius 2 is 1.75 bits per heavy atom. The smallest absolute Gasteiger partial charge is 0.116 e. The van der Waals surface area contributed by atoms with Gasteiger partial charge in [-0.3, -0.25) is 0 Å². The molecular weight excluding hydrogens is 172 g/mol. The second-order valence-electron chi connectivity index (χ2n) is 3.00. The van der Waals surface area contributed by atoms with Gasteiger partial charge in [0.05, 0.1) is 0 Å². The highest BCUT2D eigenvalue weighted by atomic mass is 35.5. The molecule has 0 aliphatic rings. The van der Waals surface area contributed by atoms with Crippen LogP contribution in [0.3, 0.4) is 0 Å². The zero-order chi connectivity index (χ0) is 9.14. The van der Waals surface area contributed by atoms with Gasteiger partial charge in [0.25, 0.3) is 0 Å². The summed E-state index contributed by atoms with van der Waals surface area (Å²) < 4.78 is 0. The largest absolute Gasteiger partial charge is 0.508 e. The molecule has 0 saturated carbocycles. The molecule has 1 nitrogen and oxygen atoms in total. The van der Waals surface area contributed by atoms with Crippen LogP contribution in [0.25, 0.3) is 0 Å². The fourth-order valence-corrected chi connectivity index (χ4v) is 1.65. The van der Waals surface area contributed by atoms with Gasteiger partial charge in [0.2, 0.25) is 0 Å². The quantitative estimate of drug-likeness (QED) is 0.701. The average molecular weight is 185 g/mol. The summed E-state index contributed by atoms with van der Waals surface area (Å²) in [6.07, 6.45) is 0.875. The highest BCUT2D eigenvalue weighted by molar-refractivity contribution is 6.18. The van der Waals surface area contributed by atoms with Gasteiger partial charge in [0, 0.05) is 5.88 Å². The number of aromatic hydroxyl groups is 1. The normalized spacial score (nSPS) is 10.2. The summed E-state index contributed by atoms with van der Waals surface area (Å²) in [5, 5.41) is 9.25. The first-order valence-corrected chi connectivity index (χ1v) is 4.53. The lowest BCUT2D eigenvalue weighted by Crippen LogP contribution is -1.94. The summed E-state index contributed by atoms with van der Waals surface area (Å²) in [6, 6.07) is 3.55. The lowest BCUT2D eigenvalue weighted by Gasteiger charge is -2.08. The molecule has 2 heteroatoms. The Bertz CT molecular complexity index is 258. The molecule has 1 aromatic rings. The second-order valence-corrected chi connectivity index (χ2v) is 3.38. The number of halogens is 1. The molecular formula is C10H13ClO. The van der Waals surface area contributed by atoms with Gasteiger partial charge in [0.15, 0.2) is 0 Å². The minimum absolute atomic E-state index is 0.336. The van der Waals surface area contributed by atoms with Crippen molar-refractivity contribution >= 4 is 11.6 Å². The summed E-state index contributed by atoms with van der Waals surface area (Å²) in [6.45, 7) is 3.99. The molecule has 66 valence electrons. The van der Waals surface area contributed by atoms with Crippen LogP contribution in [0.2, 0.25) is 0 Å². The predicted octanol–water partition coefficient (Wildman–Crippen LogP) is 2.79. The summed E-state index contributed by atoms with van der Waals surface area (Å²) in [5.74, 6) is 0.968. The molecule has 12 heavy (non-hydrogen) atoms. The monoisotopic (exact) mass is 184 g/mol. The summed E-state index contributed by atoms with van der Waals surface area (Å²) in [5.41, 5.74) is 3.49. The fraction of sp³-hybridized carbons (Fsp3) is 0.400. The molecule has 0 spiro atoms. The van der Waals surface area contributed by atoms with Crippen molar-refractivity contribution in [2.75, 3.05) is 5.88 Å². The van der Waals surface area contributed by atoms with Gasteiger partial charge >= 0.3 is 0 Å². The van der Waals surface area contributed by atoms with E-state index in [0.29, 0.717) is 11.6 Å². The number of phenolic OH excluding ortho intramolecular Hbond substituents is 1. The van der Waals surface area contributed by atoms with Gasteiger partial charge in [-0.2, -0.15) is 0 Å². The van der Waals surface area contributed by atoms with Crippen molar-refractivity contribution in [2.45, 2.75) is 20.3 Å². The minimum Gasteiger partial charge on any atom is -0.508 e. The van der Waals surface area contributed by atoms with E-state index >= 15 is 0 Å². The van der Waals surface area contributed by atoms with Crippen molar-refractivity contribution in [1.29, 1.82) is 0 Å². The first-order chi connectivity index (χ1) is 5.65. The van der Waals surface area contributed by atoms with Crippen molar-refractivity contribution in [3.8, 4) is 5.75 Å². The van der Waals surface area contributed by atoms with Crippen molar-refractivity contribution in [3.63, 3.8) is 0 Å². The molecule has 0 heterocycles. The number of hydrogen-bond donors (Lipinski definition) is 1. The number of phenols is 1. The maximum Gasteiger partial charge on any atom is 0.116 e. The van der Waals surface area contributed by atoms with Crippen LogP contribution >= 0.6 is 11.6 Å². The standard InChI is InChI=1S/C10H13ClO/c1-7-5-9(12)6-8(2)10(7)3-4-11/h5-6,12H,3-4H2,1-2H3. The number of alkyl halides is 1. The van der Waals surface area contributed by atoms with E-state index in [9.17, 15) is 5.11 Å². The van der Waals surface area contributed by atoms with Crippen LogP contribution in [-0.4, -0.2) is 11.0 Å². The molecule has 1 N–H and O–H groups in total. The maximum atomic E-state index is 9.25. The zero-order valence-electron chi connectivity index (χ0n) is 7.39. The molecule has 0 aliphatic carbocycles. The van der Waals surface area contributed by atoms with Crippen LogP contribution in [-0.2, 0) is 6.42 Å². The first-order valence-electron chi connectivity index (χ1n) is 4.00. The SMILES string of the molecule is Cc1cc(O)cc(C)c1CCCl. The molecule has 0 bridgehead atoms. The van der Waals surface area contributed by atoms with E-state index in [1.807, 2.05) is 13.8 Å². The lowest BCUT2D eigenvalue weighted by atomic mass is 10.0. The van der Waals surface area contributed by atoms with E-state index in [-0.39, 0.29) is 0 Å². The third-order valence-corrected chi connectivity index (χ3v) is 2.21. The van der Waals surface area contributed by atoms with Crippen LogP contribution in [0.1, 0.15) is 16.7 Å². The molecule has 0 saturated heterocycles. The van der Waals surface area contributed by atoms with Gasteiger partial charge in [0.1, 0.15) is 5.75 Å². The fourth-order valence-electron chi connectivity index (χ4n) is 1.46. The van der Waals surface area contributed by atoms with Crippen LogP contribution in [0, 0.1) is 13.8 Å². The van der Waals surface area contributed by atoms with Crippen molar-refractivity contribution in [1.82, 2.24) is 0 Å². The molecule has 0 radical (unpaired) electrons.